The van der Waals surface area contributed by atoms with E-state index in [2.05, 4.69) is 5.32 Å². The summed E-state index contributed by atoms with van der Waals surface area (Å²) in [7, 11) is 0. The second-order valence-corrected chi connectivity index (χ2v) is 11.9. The number of hydrogen-bond acceptors (Lipinski definition) is 7. The fourth-order valence-corrected chi connectivity index (χ4v) is 6.29. The van der Waals surface area contributed by atoms with Gasteiger partial charge in [-0.1, -0.05) is 63.8 Å². The first-order valence-corrected chi connectivity index (χ1v) is 16.6. The average Bonchev–Trinajstić information content (AvgIpc) is 3.07. The van der Waals surface area contributed by atoms with Gasteiger partial charge in [-0.15, -0.1) is 0 Å². The number of amides is 1. The van der Waals surface area contributed by atoms with Gasteiger partial charge in [-0.05, 0) is 88.8 Å². The minimum absolute atomic E-state index is 0.0191. The Balaban J connectivity index is 1.74. The van der Waals surface area contributed by atoms with Gasteiger partial charge in [0.15, 0.2) is 0 Å². The molecule has 4 N–H and O–H groups in total. The number of fused-ring (bicyclic) bond motifs is 2. The molecule has 5 aromatic carbocycles. The van der Waals surface area contributed by atoms with E-state index in [9.17, 15) is 24.3 Å². The Morgan fingerprint density at radius 3 is 1.51 bits per heavy atom. The average molecular weight is 639 g/mol. The van der Waals surface area contributed by atoms with E-state index in [-0.39, 0.29) is 41.4 Å². The van der Waals surface area contributed by atoms with Gasteiger partial charge in [-0.25, -0.2) is 14.4 Å². The number of esters is 2. The highest BCUT2D eigenvalue weighted by Crippen LogP contribution is 2.44. The number of ether oxygens (including phenoxy) is 2. The van der Waals surface area contributed by atoms with Crippen LogP contribution in [0.15, 0.2) is 48.5 Å². The van der Waals surface area contributed by atoms with Gasteiger partial charge in [0.2, 0.25) is 0 Å². The number of rotatable bonds is 16. The van der Waals surface area contributed by atoms with Gasteiger partial charge in [0.1, 0.15) is 0 Å². The first kappa shape index (κ1) is 33.6. The number of benzene rings is 5. The highest BCUT2D eigenvalue weighted by Gasteiger charge is 2.26. The zero-order chi connectivity index (χ0) is 33.5. The molecule has 0 aromatic heterocycles. The van der Waals surface area contributed by atoms with E-state index in [1.165, 1.54) is 6.07 Å². The van der Waals surface area contributed by atoms with Gasteiger partial charge in [0.05, 0.1) is 29.9 Å². The van der Waals surface area contributed by atoms with E-state index in [0.717, 1.165) is 49.3 Å². The monoisotopic (exact) mass is 638 g/mol. The molecule has 0 aliphatic rings. The molecule has 0 spiro atoms. The van der Waals surface area contributed by atoms with Gasteiger partial charge >= 0.3 is 17.9 Å². The number of carboxylic acid groups (broad SMARTS) is 1. The minimum Gasteiger partial charge on any atom is -0.478 e. The largest absolute Gasteiger partial charge is 0.478 e. The van der Waals surface area contributed by atoms with E-state index in [1.807, 2.05) is 19.9 Å². The summed E-state index contributed by atoms with van der Waals surface area (Å²) in [4.78, 5) is 52.9. The van der Waals surface area contributed by atoms with Crippen LogP contribution in [-0.4, -0.2) is 55.2 Å². The maximum Gasteiger partial charge on any atom is 0.338 e. The molecule has 0 unspecified atom stereocenters. The van der Waals surface area contributed by atoms with Gasteiger partial charge in [-0.3, -0.25) is 4.79 Å². The number of aromatic carboxylic acids is 1. The predicted molar refractivity (Wildman–Crippen MR) is 185 cm³/mol. The molecule has 0 fully saturated rings. The molecule has 0 radical (unpaired) electrons. The molecule has 47 heavy (non-hydrogen) atoms. The molecule has 9 nitrogen and oxygen atoms in total. The molecule has 0 saturated heterocycles. The Bertz CT molecular complexity index is 1870. The molecule has 246 valence electrons. The van der Waals surface area contributed by atoms with Crippen molar-refractivity contribution in [2.45, 2.75) is 65.2 Å². The summed E-state index contributed by atoms with van der Waals surface area (Å²) in [6.07, 6.45) is 6.79. The van der Waals surface area contributed by atoms with E-state index < -0.39 is 17.9 Å². The lowest BCUT2D eigenvalue weighted by atomic mass is 9.84. The Morgan fingerprint density at radius 2 is 1.04 bits per heavy atom. The zero-order valence-corrected chi connectivity index (χ0v) is 27.1. The SMILES string of the molecule is CCCCOC(=O)c1ccc2c3ccc(C(=O)O)c4c(C(=O)NCCCCCCN)ccc(c5ccc(C(=O)OCCCC)c1c25)c43. The minimum atomic E-state index is -1.14. The number of nitrogens with two attached hydrogens (primary N) is 1. The zero-order valence-electron chi connectivity index (χ0n) is 27.1. The van der Waals surface area contributed by atoms with Gasteiger partial charge in [-0.2, -0.15) is 0 Å². The van der Waals surface area contributed by atoms with Crippen LogP contribution in [0.5, 0.6) is 0 Å². The Hall–Kier alpha value is -4.76. The Kier molecular flexibility index (Phi) is 10.9. The Morgan fingerprint density at radius 1 is 0.596 bits per heavy atom. The number of carboxylic acids is 1. The van der Waals surface area contributed by atoms with E-state index in [0.29, 0.717) is 58.2 Å². The number of unbranched alkanes of at least 4 members (excludes halogenated alkanes) is 5. The number of carbonyl (C=O) groups excluding carboxylic acids is 3. The van der Waals surface area contributed by atoms with Crippen molar-refractivity contribution in [2.24, 2.45) is 5.73 Å². The molecule has 0 saturated carbocycles. The topological polar surface area (TPSA) is 145 Å². The van der Waals surface area contributed by atoms with Crippen molar-refractivity contribution in [3.63, 3.8) is 0 Å². The van der Waals surface area contributed by atoms with E-state index in [4.69, 9.17) is 15.2 Å². The van der Waals surface area contributed by atoms with Crippen LogP contribution in [0, 0.1) is 0 Å². The van der Waals surface area contributed by atoms with Crippen LogP contribution in [0.1, 0.15) is 107 Å². The van der Waals surface area contributed by atoms with Crippen molar-refractivity contribution in [1.29, 1.82) is 0 Å². The van der Waals surface area contributed by atoms with Crippen LogP contribution in [0.4, 0.5) is 0 Å². The molecule has 0 aliphatic heterocycles. The summed E-state index contributed by atoms with van der Waals surface area (Å²) in [5, 5.41) is 18.1. The van der Waals surface area contributed by atoms with Gasteiger partial charge in [0, 0.05) is 22.9 Å². The summed E-state index contributed by atoms with van der Waals surface area (Å²) in [5.74, 6) is -2.55. The first-order valence-electron chi connectivity index (χ1n) is 16.6. The molecule has 0 aliphatic carbocycles. The number of nitrogens with one attached hydrogen (secondary N) is 1. The van der Waals surface area contributed by atoms with Crippen molar-refractivity contribution >= 4 is 66.9 Å². The van der Waals surface area contributed by atoms with Gasteiger partial charge < -0.3 is 25.6 Å². The summed E-state index contributed by atoms with van der Waals surface area (Å²) in [6, 6.07) is 13.6. The molecular formula is C38H42N2O7. The second-order valence-electron chi connectivity index (χ2n) is 11.9. The van der Waals surface area contributed by atoms with Crippen LogP contribution < -0.4 is 11.1 Å². The second kappa shape index (κ2) is 15.2. The van der Waals surface area contributed by atoms with Crippen molar-refractivity contribution in [3.8, 4) is 0 Å². The highest BCUT2D eigenvalue weighted by molar-refractivity contribution is 6.38. The predicted octanol–water partition coefficient (Wildman–Crippen LogP) is 7.60. The lowest BCUT2D eigenvalue weighted by molar-refractivity contribution is 0.0500. The smallest absolute Gasteiger partial charge is 0.338 e. The fourth-order valence-electron chi connectivity index (χ4n) is 6.29. The third-order valence-corrected chi connectivity index (χ3v) is 8.70. The van der Waals surface area contributed by atoms with E-state index in [1.54, 1.807) is 36.4 Å². The lowest BCUT2D eigenvalue weighted by Crippen LogP contribution is -2.25. The quantitative estimate of drug-likeness (QED) is 0.0434. The molecule has 0 heterocycles. The van der Waals surface area contributed by atoms with Crippen LogP contribution in [0.3, 0.4) is 0 Å². The molecule has 9 heteroatoms. The molecule has 0 bridgehead atoms. The van der Waals surface area contributed by atoms with Crippen molar-refractivity contribution in [3.05, 3.63) is 70.8 Å². The summed E-state index contributed by atoms with van der Waals surface area (Å²) in [6.45, 7) is 5.63. The normalized spacial score (nSPS) is 11.5. The van der Waals surface area contributed by atoms with Crippen LogP contribution >= 0.6 is 0 Å². The standard InChI is InChI=1S/C38H42N2O7/c1-3-5-21-46-37(44)29-17-13-25-23-11-15-27(35(41)40-20-10-8-7-9-19-39)33-28(36(42)43)16-12-24(31(23)33)26-14-18-30(34(29)32(25)26)38(45)47-22-6-4-2/h11-18H,3-10,19-22,39H2,1-2H3,(H,40,41)(H,42,43). The third-order valence-electron chi connectivity index (χ3n) is 8.70. The molecular weight excluding hydrogens is 596 g/mol. The third kappa shape index (κ3) is 6.72. The van der Waals surface area contributed by atoms with Crippen LogP contribution in [-0.2, 0) is 9.47 Å². The Labute approximate surface area is 273 Å². The van der Waals surface area contributed by atoms with Crippen LogP contribution in [0.25, 0.3) is 43.1 Å². The van der Waals surface area contributed by atoms with E-state index >= 15 is 0 Å². The van der Waals surface area contributed by atoms with Crippen LogP contribution in [0.2, 0.25) is 0 Å². The first-order chi connectivity index (χ1) is 22.8. The van der Waals surface area contributed by atoms with Crippen molar-refractivity contribution in [1.82, 2.24) is 5.32 Å². The van der Waals surface area contributed by atoms with Crippen molar-refractivity contribution in [2.75, 3.05) is 26.3 Å². The highest BCUT2D eigenvalue weighted by atomic mass is 16.5. The summed E-state index contributed by atoms with van der Waals surface area (Å²) < 4.78 is 11.2. The number of carbonyl (C=O) groups is 4. The van der Waals surface area contributed by atoms with Gasteiger partial charge in [0.25, 0.3) is 5.91 Å². The summed E-state index contributed by atoms with van der Waals surface area (Å²) >= 11 is 0. The van der Waals surface area contributed by atoms with Crippen molar-refractivity contribution < 1.29 is 33.8 Å². The molecule has 1 amide bonds. The molecule has 0 atom stereocenters. The maximum absolute atomic E-state index is 13.5. The molecule has 5 rings (SSSR count). The maximum atomic E-state index is 13.5. The summed E-state index contributed by atoms with van der Waals surface area (Å²) in [5.41, 5.74) is 6.39. The fraction of sp³-hybridized carbons (Fsp3) is 0.368. The number of hydrogen-bond donors (Lipinski definition) is 3. The molecule has 5 aromatic rings. The lowest BCUT2D eigenvalue weighted by Gasteiger charge is -2.20.